The van der Waals surface area contributed by atoms with E-state index in [-0.39, 0.29) is 6.54 Å². The van der Waals surface area contributed by atoms with E-state index in [1.165, 1.54) is 7.11 Å². The fourth-order valence-corrected chi connectivity index (χ4v) is 1.27. The molecular formula is C12H16N2O3. The molecule has 0 aliphatic heterocycles. The van der Waals surface area contributed by atoms with Crippen LogP contribution in [-0.2, 0) is 14.3 Å². The van der Waals surface area contributed by atoms with Crippen LogP contribution in [0.3, 0.4) is 0 Å². The van der Waals surface area contributed by atoms with Gasteiger partial charge in [-0.1, -0.05) is 29.8 Å². The van der Waals surface area contributed by atoms with Crippen LogP contribution in [0, 0.1) is 6.92 Å². The Labute approximate surface area is 99.9 Å². The lowest BCUT2D eigenvalue weighted by Gasteiger charge is -2.12. The number of amides is 1. The first kappa shape index (κ1) is 13.2. The number of methoxy groups -OCH3 is 1. The lowest BCUT2D eigenvalue weighted by atomic mass is 10.1. The Morgan fingerprint density at radius 1 is 1.35 bits per heavy atom. The van der Waals surface area contributed by atoms with Crippen molar-refractivity contribution in [3.63, 3.8) is 0 Å². The molecule has 1 aromatic rings. The number of hydrogen-bond acceptors (Lipinski definition) is 4. The van der Waals surface area contributed by atoms with Crippen LogP contribution < -0.4 is 11.1 Å². The third-order valence-electron chi connectivity index (χ3n) is 2.35. The van der Waals surface area contributed by atoms with Crippen molar-refractivity contribution in [1.29, 1.82) is 0 Å². The summed E-state index contributed by atoms with van der Waals surface area (Å²) in [4.78, 5) is 22.4. The lowest BCUT2D eigenvalue weighted by Crippen LogP contribution is -2.37. The third kappa shape index (κ3) is 3.88. The van der Waals surface area contributed by atoms with Crippen LogP contribution >= 0.6 is 0 Å². The highest BCUT2D eigenvalue weighted by atomic mass is 16.5. The van der Waals surface area contributed by atoms with Gasteiger partial charge in [0.1, 0.15) is 12.6 Å². The maximum absolute atomic E-state index is 11.6. The second-order valence-corrected chi connectivity index (χ2v) is 3.68. The molecule has 0 aliphatic carbocycles. The van der Waals surface area contributed by atoms with Gasteiger partial charge in [-0.05, 0) is 12.5 Å². The third-order valence-corrected chi connectivity index (χ3v) is 2.35. The van der Waals surface area contributed by atoms with E-state index >= 15 is 0 Å². The number of benzene rings is 1. The van der Waals surface area contributed by atoms with Crippen LogP contribution in [0.5, 0.6) is 0 Å². The second-order valence-electron chi connectivity index (χ2n) is 3.68. The summed E-state index contributed by atoms with van der Waals surface area (Å²) in [5.74, 6) is -0.909. The molecule has 92 valence electrons. The molecule has 0 radical (unpaired) electrons. The summed E-state index contributed by atoms with van der Waals surface area (Å²) in [6, 6.07) is 6.56. The molecule has 5 nitrogen and oxygen atoms in total. The van der Waals surface area contributed by atoms with Crippen LogP contribution in [0.25, 0.3) is 0 Å². The minimum atomic E-state index is -0.778. The summed E-state index contributed by atoms with van der Waals surface area (Å²) in [7, 11) is 1.26. The van der Waals surface area contributed by atoms with Gasteiger partial charge in [-0.2, -0.15) is 0 Å². The van der Waals surface area contributed by atoms with E-state index in [4.69, 9.17) is 5.73 Å². The van der Waals surface area contributed by atoms with Crippen molar-refractivity contribution in [3.8, 4) is 0 Å². The van der Waals surface area contributed by atoms with Crippen molar-refractivity contribution in [1.82, 2.24) is 5.32 Å². The topological polar surface area (TPSA) is 81.4 Å². The summed E-state index contributed by atoms with van der Waals surface area (Å²) in [5, 5.41) is 2.41. The van der Waals surface area contributed by atoms with E-state index in [0.717, 1.165) is 5.56 Å². The molecule has 1 atom stereocenters. The quantitative estimate of drug-likeness (QED) is 0.736. The Kier molecular flexibility index (Phi) is 4.66. The van der Waals surface area contributed by atoms with Gasteiger partial charge in [0.25, 0.3) is 0 Å². The van der Waals surface area contributed by atoms with Gasteiger partial charge in [-0.25, -0.2) is 0 Å². The molecule has 0 saturated heterocycles. The van der Waals surface area contributed by atoms with E-state index in [1.807, 2.05) is 19.1 Å². The van der Waals surface area contributed by atoms with E-state index in [2.05, 4.69) is 10.1 Å². The highest BCUT2D eigenvalue weighted by Crippen LogP contribution is 2.11. The number of nitrogens with two attached hydrogens (primary N) is 1. The van der Waals surface area contributed by atoms with Crippen LogP contribution in [-0.4, -0.2) is 25.5 Å². The SMILES string of the molecule is COC(=O)CNC(=O)C(N)c1ccc(C)cc1. The Morgan fingerprint density at radius 2 is 1.94 bits per heavy atom. The van der Waals surface area contributed by atoms with Gasteiger partial charge in [0, 0.05) is 0 Å². The van der Waals surface area contributed by atoms with Crippen LogP contribution in [0.2, 0.25) is 0 Å². The maximum atomic E-state index is 11.6. The molecule has 0 bridgehead atoms. The minimum Gasteiger partial charge on any atom is -0.468 e. The zero-order chi connectivity index (χ0) is 12.8. The number of ether oxygens (including phenoxy) is 1. The van der Waals surface area contributed by atoms with Gasteiger partial charge < -0.3 is 15.8 Å². The Balaban J connectivity index is 2.57. The summed E-state index contributed by atoms with van der Waals surface area (Å²) in [6.45, 7) is 1.78. The number of hydrogen-bond donors (Lipinski definition) is 2. The van der Waals surface area contributed by atoms with Crippen molar-refractivity contribution < 1.29 is 14.3 Å². The number of carbonyl (C=O) groups is 2. The maximum Gasteiger partial charge on any atom is 0.325 e. The molecule has 0 fully saturated rings. The Morgan fingerprint density at radius 3 is 2.47 bits per heavy atom. The highest BCUT2D eigenvalue weighted by molar-refractivity contribution is 5.86. The zero-order valence-electron chi connectivity index (χ0n) is 9.90. The fourth-order valence-electron chi connectivity index (χ4n) is 1.27. The van der Waals surface area contributed by atoms with Gasteiger partial charge in [0.2, 0.25) is 5.91 Å². The Bertz CT molecular complexity index is 401. The predicted molar refractivity (Wildman–Crippen MR) is 63.1 cm³/mol. The smallest absolute Gasteiger partial charge is 0.325 e. The number of carbonyl (C=O) groups excluding carboxylic acids is 2. The summed E-state index contributed by atoms with van der Waals surface area (Å²) in [5.41, 5.74) is 7.55. The van der Waals surface area contributed by atoms with Crippen molar-refractivity contribution in [3.05, 3.63) is 35.4 Å². The molecule has 0 heterocycles. The van der Waals surface area contributed by atoms with Crippen LogP contribution in [0.4, 0.5) is 0 Å². The van der Waals surface area contributed by atoms with Gasteiger partial charge in [0.15, 0.2) is 0 Å². The molecule has 0 aliphatic rings. The van der Waals surface area contributed by atoms with Crippen LogP contribution in [0.15, 0.2) is 24.3 Å². The van der Waals surface area contributed by atoms with Crippen molar-refractivity contribution >= 4 is 11.9 Å². The molecular weight excluding hydrogens is 220 g/mol. The Hall–Kier alpha value is -1.88. The molecule has 3 N–H and O–H groups in total. The molecule has 1 rings (SSSR count). The minimum absolute atomic E-state index is 0.172. The summed E-state index contributed by atoms with van der Waals surface area (Å²) >= 11 is 0. The molecule has 1 aromatic carbocycles. The van der Waals surface area contributed by atoms with Gasteiger partial charge in [0.05, 0.1) is 7.11 Å². The van der Waals surface area contributed by atoms with Crippen molar-refractivity contribution in [2.75, 3.05) is 13.7 Å². The van der Waals surface area contributed by atoms with Crippen molar-refractivity contribution in [2.45, 2.75) is 13.0 Å². The normalized spacial score (nSPS) is 11.7. The lowest BCUT2D eigenvalue weighted by molar-refractivity contribution is -0.141. The molecule has 0 spiro atoms. The monoisotopic (exact) mass is 236 g/mol. The first-order chi connectivity index (χ1) is 8.04. The predicted octanol–water partition coefficient (Wildman–Crippen LogP) is 0.284. The second kappa shape index (κ2) is 6.00. The first-order valence-corrected chi connectivity index (χ1v) is 5.21. The molecule has 0 saturated carbocycles. The van der Waals surface area contributed by atoms with Gasteiger partial charge in [-0.3, -0.25) is 9.59 Å². The molecule has 5 heteroatoms. The largest absolute Gasteiger partial charge is 0.468 e. The highest BCUT2D eigenvalue weighted by Gasteiger charge is 2.16. The van der Waals surface area contributed by atoms with Gasteiger partial charge >= 0.3 is 5.97 Å². The molecule has 17 heavy (non-hydrogen) atoms. The number of esters is 1. The summed E-state index contributed by atoms with van der Waals surface area (Å²) < 4.78 is 4.41. The standard InChI is InChI=1S/C12H16N2O3/c1-8-3-5-9(6-4-8)11(13)12(16)14-7-10(15)17-2/h3-6,11H,7,13H2,1-2H3,(H,14,16). The molecule has 0 aromatic heterocycles. The molecule has 1 amide bonds. The van der Waals surface area contributed by atoms with E-state index in [1.54, 1.807) is 12.1 Å². The number of nitrogens with one attached hydrogen (secondary N) is 1. The molecule has 1 unspecified atom stereocenters. The van der Waals surface area contributed by atoms with Crippen molar-refractivity contribution in [2.24, 2.45) is 5.73 Å². The van der Waals surface area contributed by atoms with E-state index < -0.39 is 17.9 Å². The first-order valence-electron chi connectivity index (χ1n) is 5.21. The van der Waals surface area contributed by atoms with Crippen LogP contribution in [0.1, 0.15) is 17.2 Å². The fraction of sp³-hybridized carbons (Fsp3) is 0.333. The van der Waals surface area contributed by atoms with E-state index in [0.29, 0.717) is 5.56 Å². The number of rotatable bonds is 4. The van der Waals surface area contributed by atoms with Gasteiger partial charge in [-0.15, -0.1) is 0 Å². The van der Waals surface area contributed by atoms with E-state index in [9.17, 15) is 9.59 Å². The summed E-state index contributed by atoms with van der Waals surface area (Å²) in [6.07, 6.45) is 0. The number of aryl methyl sites for hydroxylation is 1. The zero-order valence-corrected chi connectivity index (χ0v) is 9.90. The average molecular weight is 236 g/mol. The average Bonchev–Trinajstić information content (AvgIpc) is 2.35.